The van der Waals surface area contributed by atoms with Crippen molar-refractivity contribution >= 4 is 41.3 Å². The lowest BCUT2D eigenvalue weighted by molar-refractivity contribution is -0.121. The first kappa shape index (κ1) is 29.1. The molecule has 0 saturated heterocycles. The summed E-state index contributed by atoms with van der Waals surface area (Å²) in [5, 5.41) is 22.1. The Bertz CT molecular complexity index is 1560. The molecule has 4 aromatic rings. The van der Waals surface area contributed by atoms with Crippen molar-refractivity contribution in [3.63, 3.8) is 0 Å². The Morgan fingerprint density at radius 3 is 1.88 bits per heavy atom. The van der Waals surface area contributed by atoms with Gasteiger partial charge in [0.1, 0.15) is 8.07 Å². The number of hydrogen-bond donors (Lipinski definition) is 1. The summed E-state index contributed by atoms with van der Waals surface area (Å²) in [4.78, 5) is 17.2. The molecule has 0 atom stereocenters. The molecule has 1 aliphatic rings. The lowest BCUT2D eigenvalue weighted by Gasteiger charge is -2.36. The number of aryl methyl sites for hydroxylation is 1. The Balaban J connectivity index is 1.31. The van der Waals surface area contributed by atoms with E-state index in [2.05, 4.69) is 119 Å². The van der Waals surface area contributed by atoms with Gasteiger partial charge in [0.05, 0.1) is 0 Å². The minimum atomic E-state index is -1.96. The fraction of sp³-hybridized carbons (Fsp3) is 0.303. The first-order valence-electron chi connectivity index (χ1n) is 14.3. The van der Waals surface area contributed by atoms with Crippen molar-refractivity contribution in [3.05, 3.63) is 89.3 Å². The smallest absolute Gasteiger partial charge is 0.220 e. The average Bonchev–Trinajstić information content (AvgIpc) is 2.98. The van der Waals surface area contributed by atoms with Gasteiger partial charge < -0.3 is 15.1 Å². The highest BCUT2D eigenvalue weighted by atomic mass is 28.3. The number of hydrogen-bond acceptors (Lipinski definition) is 7. The number of benzene rings is 3. The minimum Gasteiger partial charge on any atom is -0.378 e. The zero-order valence-electron chi connectivity index (χ0n) is 25.6. The second kappa shape index (κ2) is 11.9. The first-order chi connectivity index (χ1) is 20.0. The van der Waals surface area contributed by atoms with Gasteiger partial charge in [0.2, 0.25) is 11.7 Å². The van der Waals surface area contributed by atoms with E-state index in [4.69, 9.17) is 0 Å². The summed E-state index contributed by atoms with van der Waals surface area (Å²) in [7, 11) is 6.41. The van der Waals surface area contributed by atoms with Gasteiger partial charge in [-0.05, 0) is 70.2 Å². The number of aromatic nitrogens is 4. The van der Waals surface area contributed by atoms with Crippen LogP contribution in [0.25, 0.3) is 17.0 Å². The molecule has 0 unspecified atom stereocenters. The molecule has 0 bridgehead atoms. The molecule has 5 rings (SSSR count). The highest BCUT2D eigenvalue weighted by Gasteiger charge is 2.37. The van der Waals surface area contributed by atoms with Crippen LogP contribution in [-0.2, 0) is 11.3 Å². The molecule has 216 valence electrons. The second-order valence-corrected chi connectivity index (χ2v) is 16.1. The molecule has 2 heterocycles. The molecule has 0 spiro atoms. The largest absolute Gasteiger partial charge is 0.378 e. The van der Waals surface area contributed by atoms with E-state index in [-0.39, 0.29) is 5.91 Å². The van der Waals surface area contributed by atoms with E-state index in [0.717, 1.165) is 11.1 Å². The monoisotopic (exact) mass is 577 g/mol. The average molecular weight is 578 g/mol. The lowest BCUT2D eigenvalue weighted by Crippen LogP contribution is -2.58. The summed E-state index contributed by atoms with van der Waals surface area (Å²) < 4.78 is 0. The number of nitrogens with zero attached hydrogens (tertiary/aromatic N) is 6. The zero-order chi connectivity index (χ0) is 30.0. The number of carbonyl (C=O) groups excluding carboxylic acids is 1. The van der Waals surface area contributed by atoms with Crippen LogP contribution in [-0.4, -0.2) is 62.6 Å². The predicted molar refractivity (Wildman–Crippen MR) is 174 cm³/mol. The van der Waals surface area contributed by atoms with Crippen molar-refractivity contribution in [2.75, 3.05) is 38.0 Å². The molecule has 1 amide bonds. The quantitative estimate of drug-likeness (QED) is 0.316. The van der Waals surface area contributed by atoms with Gasteiger partial charge in [0.15, 0.2) is 5.82 Å². The van der Waals surface area contributed by atoms with Crippen molar-refractivity contribution in [2.45, 2.75) is 39.4 Å². The van der Waals surface area contributed by atoms with Crippen LogP contribution in [0.3, 0.4) is 0 Å². The number of carbonyl (C=O) groups is 1. The van der Waals surface area contributed by atoms with E-state index < -0.39 is 8.07 Å². The maximum Gasteiger partial charge on any atom is 0.220 e. The number of allylic oxidation sites excluding steroid dienone is 1. The van der Waals surface area contributed by atoms with Crippen LogP contribution in [0, 0.1) is 6.92 Å². The Morgan fingerprint density at radius 1 is 0.810 bits per heavy atom. The zero-order valence-corrected chi connectivity index (χ0v) is 26.6. The van der Waals surface area contributed by atoms with E-state index in [1.807, 2.05) is 24.3 Å². The number of rotatable bonds is 8. The summed E-state index contributed by atoms with van der Waals surface area (Å²) in [6, 6.07) is 21.5. The molecule has 0 aliphatic carbocycles. The van der Waals surface area contributed by atoms with Gasteiger partial charge in [-0.25, -0.2) is 0 Å². The third-order valence-corrected chi connectivity index (χ3v) is 11.5. The molecule has 1 aromatic heterocycles. The van der Waals surface area contributed by atoms with Gasteiger partial charge in [0, 0.05) is 58.1 Å². The maximum absolute atomic E-state index is 12.8. The Hall–Kier alpha value is -4.37. The first-order valence-corrected chi connectivity index (χ1v) is 17.3. The van der Waals surface area contributed by atoms with Crippen molar-refractivity contribution in [1.29, 1.82) is 0 Å². The molecule has 0 fully saturated rings. The van der Waals surface area contributed by atoms with E-state index in [9.17, 15) is 4.79 Å². The van der Waals surface area contributed by atoms with Crippen LogP contribution >= 0.6 is 0 Å². The van der Waals surface area contributed by atoms with Crippen molar-refractivity contribution < 1.29 is 4.79 Å². The third kappa shape index (κ3) is 5.96. The molecule has 0 radical (unpaired) electrons. The third-order valence-electron chi connectivity index (χ3n) is 7.97. The van der Waals surface area contributed by atoms with Gasteiger partial charge in [-0.2, -0.15) is 0 Å². The molecular weight excluding hydrogens is 538 g/mol. The minimum absolute atomic E-state index is 0.0306. The molecule has 8 nitrogen and oxygen atoms in total. The van der Waals surface area contributed by atoms with E-state index in [1.54, 1.807) is 6.92 Å². The molecule has 0 saturated carbocycles. The van der Waals surface area contributed by atoms with E-state index in [0.29, 0.717) is 31.0 Å². The summed E-state index contributed by atoms with van der Waals surface area (Å²) in [5.74, 6) is 1.05. The number of fused-ring (bicyclic) bond motifs is 2. The van der Waals surface area contributed by atoms with Crippen LogP contribution in [0.4, 0.5) is 11.4 Å². The summed E-state index contributed by atoms with van der Waals surface area (Å²) in [6.45, 7) is 7.11. The van der Waals surface area contributed by atoms with Crippen molar-refractivity contribution in [1.82, 2.24) is 25.7 Å². The fourth-order valence-electron chi connectivity index (χ4n) is 5.44. The molecular formula is C33H39N7OSi. The fourth-order valence-corrected chi connectivity index (χ4v) is 8.53. The Kier molecular flexibility index (Phi) is 8.22. The molecule has 1 N–H and O–H groups in total. The molecule has 42 heavy (non-hydrogen) atoms. The summed E-state index contributed by atoms with van der Waals surface area (Å²) >= 11 is 0. The second-order valence-electron chi connectivity index (χ2n) is 11.8. The van der Waals surface area contributed by atoms with Crippen LogP contribution in [0.15, 0.2) is 66.7 Å². The molecule has 9 heteroatoms. The SMILES string of the molecule is Cc1nnc(-c2ccc(CNC(=O)CCC=C3c4ccc(N(C)C)cc4[Si](C)(C)c4cc(N(C)C)ccc43)cc2)nn1. The highest BCUT2D eigenvalue weighted by molar-refractivity contribution is 7.02. The molecule has 1 aliphatic heterocycles. The normalized spacial score (nSPS) is 13.2. The van der Waals surface area contributed by atoms with Crippen LogP contribution in [0.1, 0.15) is 35.4 Å². The van der Waals surface area contributed by atoms with E-state index >= 15 is 0 Å². The lowest BCUT2D eigenvalue weighted by atomic mass is 9.94. The summed E-state index contributed by atoms with van der Waals surface area (Å²) in [6.07, 6.45) is 3.34. The Morgan fingerprint density at radius 2 is 1.36 bits per heavy atom. The van der Waals surface area contributed by atoms with Gasteiger partial charge in [-0.1, -0.05) is 55.6 Å². The van der Waals surface area contributed by atoms with Crippen LogP contribution in [0.2, 0.25) is 13.1 Å². The van der Waals surface area contributed by atoms with Crippen molar-refractivity contribution in [2.24, 2.45) is 0 Å². The Labute approximate surface area is 249 Å². The highest BCUT2D eigenvalue weighted by Crippen LogP contribution is 2.33. The van der Waals surface area contributed by atoms with Crippen molar-refractivity contribution in [3.8, 4) is 11.4 Å². The van der Waals surface area contributed by atoms with Crippen LogP contribution < -0.4 is 25.5 Å². The number of amides is 1. The van der Waals surface area contributed by atoms with Gasteiger partial charge in [0.25, 0.3) is 0 Å². The predicted octanol–water partition coefficient (Wildman–Crippen LogP) is 4.04. The topological polar surface area (TPSA) is 87.1 Å². The number of anilines is 2. The van der Waals surface area contributed by atoms with Gasteiger partial charge in [-0.3, -0.25) is 4.79 Å². The van der Waals surface area contributed by atoms with Gasteiger partial charge >= 0.3 is 0 Å². The number of nitrogens with one attached hydrogen (secondary N) is 1. The standard InChI is InChI=1S/C33H39N7OSi/c1-22-35-37-33(38-36-22)24-13-11-23(12-14-24)21-34-32(41)10-8-9-27-28-17-15-25(39(2)3)19-30(28)42(6,7)31-20-26(40(4)5)16-18-29(27)31/h9,11-20H,8,10,21H2,1-7H3,(H,34,41). The van der Waals surface area contributed by atoms with Crippen LogP contribution in [0.5, 0.6) is 0 Å². The molecule has 3 aromatic carbocycles. The maximum atomic E-state index is 12.8. The summed E-state index contributed by atoms with van der Waals surface area (Å²) in [5.41, 5.74) is 8.10. The van der Waals surface area contributed by atoms with Gasteiger partial charge in [-0.15, -0.1) is 20.4 Å². The van der Waals surface area contributed by atoms with E-state index in [1.165, 1.54) is 38.4 Å².